The van der Waals surface area contributed by atoms with Gasteiger partial charge in [-0.25, -0.2) is 0 Å². The smallest absolute Gasteiger partial charge is 0.279 e. The predicted molar refractivity (Wildman–Crippen MR) is 73.0 cm³/mol. The van der Waals surface area contributed by atoms with Crippen molar-refractivity contribution in [2.24, 2.45) is 0 Å². The second kappa shape index (κ2) is 6.50. The van der Waals surface area contributed by atoms with Crippen molar-refractivity contribution in [3.05, 3.63) is 48.0 Å². The normalized spacial score (nSPS) is 18.9. The van der Waals surface area contributed by atoms with Crippen LogP contribution in [0.2, 0.25) is 0 Å². The lowest BCUT2D eigenvalue weighted by atomic mass is 10.1. The lowest BCUT2D eigenvalue weighted by molar-refractivity contribution is 0.260. The molecule has 1 amide bonds. The van der Waals surface area contributed by atoms with E-state index in [1.807, 2.05) is 30.3 Å². The third-order valence-corrected chi connectivity index (χ3v) is 3.80. The Kier molecular flexibility index (Phi) is 4.68. The summed E-state index contributed by atoms with van der Waals surface area (Å²) >= 11 is 1.40. The van der Waals surface area contributed by atoms with E-state index in [1.165, 1.54) is 18.2 Å². The summed E-state index contributed by atoms with van der Waals surface area (Å²) in [5, 5.41) is 3.37. The Morgan fingerprint density at radius 1 is 1.35 bits per heavy atom. The van der Waals surface area contributed by atoms with Gasteiger partial charge in [-0.3, -0.25) is 4.79 Å². The number of nitrogens with one attached hydrogen (secondary N) is 1. The van der Waals surface area contributed by atoms with Gasteiger partial charge in [0, 0.05) is 11.8 Å². The maximum absolute atomic E-state index is 11.7. The van der Waals surface area contributed by atoms with Gasteiger partial charge in [0.1, 0.15) is 0 Å². The van der Waals surface area contributed by atoms with E-state index in [-0.39, 0.29) is 5.24 Å². The van der Waals surface area contributed by atoms with Gasteiger partial charge in [-0.1, -0.05) is 54.2 Å². The number of hydrogen-bond acceptors (Lipinski definition) is 2. The van der Waals surface area contributed by atoms with Crippen LogP contribution in [-0.4, -0.2) is 10.5 Å². The van der Waals surface area contributed by atoms with Crippen LogP contribution in [0, 0.1) is 0 Å². The van der Waals surface area contributed by atoms with Crippen molar-refractivity contribution in [1.29, 1.82) is 0 Å². The van der Waals surface area contributed by atoms with Crippen molar-refractivity contribution in [1.82, 2.24) is 5.32 Å². The first-order valence-corrected chi connectivity index (χ1v) is 6.87. The molecule has 0 aliphatic heterocycles. The van der Waals surface area contributed by atoms with Gasteiger partial charge in [0.15, 0.2) is 0 Å². The highest BCUT2D eigenvalue weighted by Crippen LogP contribution is 2.23. The number of carbonyl (C=O) groups is 1. The summed E-state index contributed by atoms with van der Waals surface area (Å²) in [5.74, 6) is 0. The van der Waals surface area contributed by atoms with Gasteiger partial charge >= 0.3 is 0 Å². The molecule has 0 radical (unpaired) electrons. The standard InChI is InChI=1S/C14H17NOS/c16-14(17-13-9-5-2-6-10-13)15-11-12-7-3-1-4-8-12/h1,3-5,7-9,13H,2,6,10-11H2,(H,15,16)/t13-/m1/s1. The van der Waals surface area contributed by atoms with Crippen LogP contribution in [0.15, 0.2) is 42.5 Å². The highest BCUT2D eigenvalue weighted by atomic mass is 32.2. The quantitative estimate of drug-likeness (QED) is 0.824. The van der Waals surface area contributed by atoms with E-state index < -0.39 is 0 Å². The molecule has 1 aliphatic rings. The van der Waals surface area contributed by atoms with Crippen molar-refractivity contribution >= 4 is 17.0 Å². The molecule has 1 N–H and O–H groups in total. The maximum atomic E-state index is 11.7. The van der Waals surface area contributed by atoms with E-state index in [1.54, 1.807) is 0 Å². The van der Waals surface area contributed by atoms with Crippen LogP contribution in [-0.2, 0) is 6.54 Å². The van der Waals surface area contributed by atoms with Gasteiger partial charge in [0.2, 0.25) is 0 Å². The van der Waals surface area contributed by atoms with Crippen molar-refractivity contribution in [3.63, 3.8) is 0 Å². The number of allylic oxidation sites excluding steroid dienone is 1. The third kappa shape index (κ3) is 4.27. The van der Waals surface area contributed by atoms with Crippen LogP contribution in [0.1, 0.15) is 24.8 Å². The molecule has 2 nitrogen and oxygen atoms in total. The van der Waals surface area contributed by atoms with Crippen LogP contribution in [0.5, 0.6) is 0 Å². The van der Waals surface area contributed by atoms with Gasteiger partial charge in [-0.15, -0.1) is 0 Å². The summed E-state index contributed by atoms with van der Waals surface area (Å²) in [5.41, 5.74) is 1.14. The van der Waals surface area contributed by atoms with Crippen molar-refractivity contribution < 1.29 is 4.79 Å². The molecule has 90 valence electrons. The predicted octanol–water partition coefficient (Wildman–Crippen LogP) is 3.74. The van der Waals surface area contributed by atoms with Gasteiger partial charge in [0.05, 0.1) is 0 Å². The SMILES string of the molecule is O=C(NCc1ccccc1)S[C@@H]1C=CCCC1. The summed E-state index contributed by atoms with van der Waals surface area (Å²) < 4.78 is 0. The topological polar surface area (TPSA) is 29.1 Å². The van der Waals surface area contributed by atoms with Gasteiger partial charge in [-0.2, -0.15) is 0 Å². The van der Waals surface area contributed by atoms with Gasteiger partial charge in [-0.05, 0) is 24.8 Å². The largest absolute Gasteiger partial charge is 0.343 e. The molecule has 0 saturated carbocycles. The Balaban J connectivity index is 1.74. The second-order valence-corrected chi connectivity index (χ2v) is 5.35. The van der Waals surface area contributed by atoms with E-state index in [9.17, 15) is 4.79 Å². The molecule has 0 heterocycles. The Labute approximate surface area is 106 Å². The first-order chi connectivity index (χ1) is 8.34. The zero-order valence-electron chi connectivity index (χ0n) is 9.76. The molecule has 3 heteroatoms. The van der Waals surface area contributed by atoms with Gasteiger partial charge in [0.25, 0.3) is 5.24 Å². The molecule has 0 saturated heterocycles. The molecule has 0 spiro atoms. The number of benzene rings is 1. The monoisotopic (exact) mass is 247 g/mol. The number of thioether (sulfide) groups is 1. The molecule has 1 aromatic rings. The molecule has 17 heavy (non-hydrogen) atoms. The Hall–Kier alpha value is -1.22. The summed E-state index contributed by atoms with van der Waals surface area (Å²) in [6, 6.07) is 9.99. The van der Waals surface area contributed by atoms with Crippen molar-refractivity contribution in [3.8, 4) is 0 Å². The highest BCUT2D eigenvalue weighted by Gasteiger charge is 2.13. The van der Waals surface area contributed by atoms with Crippen LogP contribution >= 0.6 is 11.8 Å². The number of rotatable bonds is 3. The van der Waals surface area contributed by atoms with Crippen LogP contribution in [0.4, 0.5) is 4.79 Å². The first kappa shape index (κ1) is 12.2. The molecular formula is C14H17NOS. The zero-order chi connectivity index (χ0) is 11.9. The van der Waals surface area contributed by atoms with Crippen LogP contribution in [0.3, 0.4) is 0 Å². The Morgan fingerprint density at radius 3 is 2.88 bits per heavy atom. The fraction of sp³-hybridized carbons (Fsp3) is 0.357. The fourth-order valence-corrected chi connectivity index (χ4v) is 2.73. The minimum Gasteiger partial charge on any atom is -0.343 e. The van der Waals surface area contributed by atoms with Gasteiger partial charge < -0.3 is 5.32 Å². The van der Waals surface area contributed by atoms with E-state index in [2.05, 4.69) is 17.5 Å². The van der Waals surface area contributed by atoms with Crippen molar-refractivity contribution in [2.45, 2.75) is 31.1 Å². The third-order valence-electron chi connectivity index (χ3n) is 2.75. The van der Waals surface area contributed by atoms with E-state index in [4.69, 9.17) is 0 Å². The van der Waals surface area contributed by atoms with E-state index in [0.717, 1.165) is 18.4 Å². The fourth-order valence-electron chi connectivity index (χ4n) is 1.83. The highest BCUT2D eigenvalue weighted by molar-refractivity contribution is 8.14. The average Bonchev–Trinajstić information content (AvgIpc) is 2.39. The molecule has 1 aliphatic carbocycles. The lowest BCUT2D eigenvalue weighted by Crippen LogP contribution is -2.20. The molecule has 1 aromatic carbocycles. The molecule has 0 fully saturated rings. The number of amides is 1. The van der Waals surface area contributed by atoms with E-state index >= 15 is 0 Å². The summed E-state index contributed by atoms with van der Waals surface area (Å²) in [6.45, 7) is 0.614. The minimum atomic E-state index is 0.0744. The molecule has 1 atom stereocenters. The van der Waals surface area contributed by atoms with E-state index in [0.29, 0.717) is 11.8 Å². The lowest BCUT2D eigenvalue weighted by Gasteiger charge is -2.15. The average molecular weight is 247 g/mol. The van der Waals surface area contributed by atoms with Crippen LogP contribution in [0.25, 0.3) is 0 Å². The summed E-state index contributed by atoms with van der Waals surface area (Å²) in [6.07, 6.45) is 7.78. The maximum Gasteiger partial charge on any atom is 0.279 e. The number of carbonyl (C=O) groups excluding carboxylic acids is 1. The first-order valence-electron chi connectivity index (χ1n) is 5.99. The molecular weight excluding hydrogens is 230 g/mol. The molecule has 0 unspecified atom stereocenters. The number of hydrogen-bond donors (Lipinski definition) is 1. The minimum absolute atomic E-state index is 0.0744. The second-order valence-electron chi connectivity index (χ2n) is 4.14. The summed E-state index contributed by atoms with van der Waals surface area (Å²) in [4.78, 5) is 11.7. The molecule has 0 bridgehead atoms. The van der Waals surface area contributed by atoms with Crippen molar-refractivity contribution in [2.75, 3.05) is 0 Å². The Morgan fingerprint density at radius 2 is 2.18 bits per heavy atom. The molecule has 2 rings (SSSR count). The molecule has 0 aromatic heterocycles. The Bertz CT molecular complexity index is 388. The van der Waals surface area contributed by atoms with Crippen LogP contribution < -0.4 is 5.32 Å². The summed E-state index contributed by atoms with van der Waals surface area (Å²) in [7, 11) is 0. The zero-order valence-corrected chi connectivity index (χ0v) is 10.6.